The molecule has 1 fully saturated rings. The minimum atomic E-state index is -1.41. The number of furan rings is 1. The van der Waals surface area contributed by atoms with Crippen LogP contribution in [0.2, 0.25) is 0 Å². The Morgan fingerprint density at radius 2 is 2.06 bits per heavy atom. The summed E-state index contributed by atoms with van der Waals surface area (Å²) in [6.45, 7) is 0.239. The Bertz CT molecular complexity index is 1350. The van der Waals surface area contributed by atoms with E-state index in [2.05, 4.69) is 15.6 Å². The van der Waals surface area contributed by atoms with Crippen LogP contribution in [-0.2, 0) is 21.5 Å². The number of benzene rings is 1. The molecule has 0 saturated carbocycles. The Morgan fingerprint density at radius 1 is 1.24 bits per heavy atom. The van der Waals surface area contributed by atoms with Gasteiger partial charge in [0.1, 0.15) is 28.1 Å². The van der Waals surface area contributed by atoms with E-state index in [1.807, 2.05) is 6.07 Å². The minimum absolute atomic E-state index is 0.0530. The van der Waals surface area contributed by atoms with Crippen molar-refractivity contribution in [3.05, 3.63) is 59.0 Å². The molecule has 0 aliphatic carbocycles. The van der Waals surface area contributed by atoms with Crippen molar-refractivity contribution in [1.29, 1.82) is 0 Å². The number of rotatable bonds is 5. The third kappa shape index (κ3) is 3.22. The summed E-state index contributed by atoms with van der Waals surface area (Å²) in [6, 6.07) is 9.89. The van der Waals surface area contributed by atoms with Crippen molar-refractivity contribution in [3.8, 4) is 5.75 Å². The summed E-state index contributed by atoms with van der Waals surface area (Å²) in [6.07, 6.45) is -0.169. The summed E-state index contributed by atoms with van der Waals surface area (Å²) in [5, 5.41) is 4.84. The highest BCUT2D eigenvalue weighted by molar-refractivity contribution is 6.10. The van der Waals surface area contributed by atoms with Crippen molar-refractivity contribution in [2.45, 2.75) is 18.4 Å². The van der Waals surface area contributed by atoms with Crippen LogP contribution in [0.3, 0.4) is 0 Å². The fraction of sp³-hybridized carbons (Fsp3) is 0.261. The van der Waals surface area contributed by atoms with Gasteiger partial charge in [-0.3, -0.25) is 24.5 Å². The number of nitrogens with zero attached hydrogens (tertiary/aromatic N) is 2. The first-order chi connectivity index (χ1) is 15.8. The number of hydrogen-bond acceptors (Lipinski definition) is 7. The lowest BCUT2D eigenvalue weighted by Crippen LogP contribution is -2.46. The molecule has 10 heteroatoms. The molecule has 2 aliphatic rings. The number of fused-ring (bicyclic) bond motifs is 2. The van der Waals surface area contributed by atoms with Gasteiger partial charge in [0.25, 0.3) is 11.8 Å². The lowest BCUT2D eigenvalue weighted by atomic mass is 9.82. The molecule has 168 valence electrons. The average Bonchev–Trinajstić information content (AvgIpc) is 3.46. The Morgan fingerprint density at radius 3 is 2.76 bits per heavy atom. The van der Waals surface area contributed by atoms with E-state index in [1.54, 1.807) is 24.3 Å². The normalized spacial score (nSPS) is 19.7. The average molecular weight is 448 g/mol. The highest BCUT2D eigenvalue weighted by atomic mass is 16.5. The summed E-state index contributed by atoms with van der Waals surface area (Å²) < 4.78 is 11.2. The number of pyridine rings is 1. The fourth-order valence-electron chi connectivity index (χ4n) is 4.38. The van der Waals surface area contributed by atoms with Crippen LogP contribution in [0.5, 0.6) is 5.75 Å². The fourth-order valence-corrected chi connectivity index (χ4v) is 4.38. The van der Waals surface area contributed by atoms with E-state index in [0.29, 0.717) is 29.0 Å². The van der Waals surface area contributed by atoms with E-state index in [0.717, 1.165) is 5.56 Å². The molecule has 0 radical (unpaired) electrons. The Balaban J connectivity index is 1.54. The molecule has 2 aliphatic heterocycles. The molecule has 0 bridgehead atoms. The maximum Gasteiger partial charge on any atom is 0.269 e. The zero-order chi connectivity index (χ0) is 23.3. The topological polar surface area (TPSA) is 131 Å². The number of aromatic nitrogens is 1. The predicted molar refractivity (Wildman–Crippen MR) is 115 cm³/mol. The van der Waals surface area contributed by atoms with Gasteiger partial charge in [0.05, 0.1) is 13.5 Å². The van der Waals surface area contributed by atoms with E-state index in [4.69, 9.17) is 9.15 Å². The van der Waals surface area contributed by atoms with Crippen LogP contribution < -0.4 is 15.4 Å². The van der Waals surface area contributed by atoms with Gasteiger partial charge in [-0.15, -0.1) is 0 Å². The summed E-state index contributed by atoms with van der Waals surface area (Å²) in [5.74, 6) is -0.846. The van der Waals surface area contributed by atoms with Gasteiger partial charge in [-0.1, -0.05) is 6.07 Å². The number of imide groups is 1. The van der Waals surface area contributed by atoms with Gasteiger partial charge in [0.2, 0.25) is 11.8 Å². The minimum Gasteiger partial charge on any atom is -0.497 e. The molecule has 4 heterocycles. The Hall–Kier alpha value is -4.21. The molecule has 10 nitrogen and oxygen atoms in total. The first-order valence-electron chi connectivity index (χ1n) is 10.3. The number of methoxy groups -OCH3 is 1. The zero-order valence-electron chi connectivity index (χ0n) is 17.9. The molecule has 4 amide bonds. The van der Waals surface area contributed by atoms with Crippen molar-refractivity contribution in [3.63, 3.8) is 0 Å². The standard InChI is InChI=1S/C23H20N4O6/c1-24-20(29)15-5-6-17-16(25-15)8-18(33-17)23(9-19(28)26-22(23)31)11-27-10-12-3-4-13(32-2)7-14(12)21(27)30/h3-8H,9-11H2,1-2H3,(H,24,29)(H,26,28,31)/t23-/m1/s1. The van der Waals surface area contributed by atoms with Gasteiger partial charge in [0.15, 0.2) is 5.58 Å². The SMILES string of the molecule is CNC(=O)c1ccc2oc([C@]3(CN4Cc5ccc(OC)cc5C4=O)CC(=O)NC3=O)cc2n1. The molecule has 0 unspecified atom stereocenters. The smallest absolute Gasteiger partial charge is 0.269 e. The monoisotopic (exact) mass is 448 g/mol. The zero-order valence-corrected chi connectivity index (χ0v) is 17.9. The molecule has 1 aromatic carbocycles. The molecule has 1 saturated heterocycles. The Kier molecular flexibility index (Phi) is 4.66. The highest BCUT2D eigenvalue weighted by Crippen LogP contribution is 2.39. The highest BCUT2D eigenvalue weighted by Gasteiger charge is 2.53. The van der Waals surface area contributed by atoms with Crippen LogP contribution in [0.15, 0.2) is 40.8 Å². The van der Waals surface area contributed by atoms with Crippen LogP contribution in [0, 0.1) is 0 Å². The molecule has 2 aromatic heterocycles. The molecule has 33 heavy (non-hydrogen) atoms. The predicted octanol–water partition coefficient (Wildman–Crippen LogP) is 1.14. The largest absolute Gasteiger partial charge is 0.497 e. The number of carbonyl (C=O) groups excluding carboxylic acids is 4. The number of hydrogen-bond donors (Lipinski definition) is 2. The molecule has 0 spiro atoms. The molecule has 2 N–H and O–H groups in total. The van der Waals surface area contributed by atoms with E-state index in [-0.39, 0.29) is 36.2 Å². The summed E-state index contributed by atoms with van der Waals surface area (Å²) in [7, 11) is 3.02. The van der Waals surface area contributed by atoms with E-state index >= 15 is 0 Å². The maximum absolute atomic E-state index is 13.1. The van der Waals surface area contributed by atoms with Crippen LogP contribution in [0.25, 0.3) is 11.1 Å². The van der Waals surface area contributed by atoms with Gasteiger partial charge in [-0.05, 0) is 29.8 Å². The van der Waals surface area contributed by atoms with Gasteiger partial charge in [-0.2, -0.15) is 0 Å². The van der Waals surface area contributed by atoms with Crippen molar-refractivity contribution in [2.75, 3.05) is 20.7 Å². The van der Waals surface area contributed by atoms with Crippen LogP contribution in [-0.4, -0.2) is 54.2 Å². The van der Waals surface area contributed by atoms with Crippen molar-refractivity contribution in [2.24, 2.45) is 0 Å². The number of carbonyl (C=O) groups is 4. The molecular weight excluding hydrogens is 428 g/mol. The number of amides is 4. The van der Waals surface area contributed by atoms with Crippen LogP contribution in [0.4, 0.5) is 0 Å². The molecule has 3 aromatic rings. The third-order valence-corrected chi connectivity index (χ3v) is 6.11. The first-order valence-corrected chi connectivity index (χ1v) is 10.3. The number of nitrogens with one attached hydrogen (secondary N) is 2. The van der Waals surface area contributed by atoms with Crippen molar-refractivity contribution >= 4 is 34.7 Å². The van der Waals surface area contributed by atoms with E-state index in [1.165, 1.54) is 25.1 Å². The summed E-state index contributed by atoms with van der Waals surface area (Å²) in [5.41, 5.74) is 0.825. The quantitative estimate of drug-likeness (QED) is 0.560. The van der Waals surface area contributed by atoms with Crippen molar-refractivity contribution in [1.82, 2.24) is 20.5 Å². The second kappa shape index (κ2) is 7.44. The van der Waals surface area contributed by atoms with Gasteiger partial charge in [-0.25, -0.2) is 4.98 Å². The van der Waals surface area contributed by atoms with Gasteiger partial charge < -0.3 is 19.4 Å². The lowest BCUT2D eigenvalue weighted by molar-refractivity contribution is -0.127. The third-order valence-electron chi connectivity index (χ3n) is 6.11. The second-order valence-corrected chi connectivity index (χ2v) is 8.09. The van der Waals surface area contributed by atoms with Crippen molar-refractivity contribution < 1.29 is 28.3 Å². The van der Waals surface area contributed by atoms with Gasteiger partial charge >= 0.3 is 0 Å². The molecule has 1 atom stereocenters. The molecule has 5 rings (SSSR count). The second-order valence-electron chi connectivity index (χ2n) is 8.09. The van der Waals surface area contributed by atoms with E-state index < -0.39 is 17.2 Å². The van der Waals surface area contributed by atoms with E-state index in [9.17, 15) is 19.2 Å². The number of ether oxygens (including phenoxy) is 1. The lowest BCUT2D eigenvalue weighted by Gasteiger charge is -2.28. The maximum atomic E-state index is 13.1. The van der Waals surface area contributed by atoms with Crippen LogP contribution in [0.1, 0.15) is 38.6 Å². The van der Waals surface area contributed by atoms with Crippen LogP contribution >= 0.6 is 0 Å². The first kappa shape index (κ1) is 20.7. The summed E-state index contributed by atoms with van der Waals surface area (Å²) in [4.78, 5) is 56.1. The molecular formula is C23H20N4O6. The Labute approximate surface area is 187 Å². The summed E-state index contributed by atoms with van der Waals surface area (Å²) >= 11 is 0. The van der Waals surface area contributed by atoms with Gasteiger partial charge in [0, 0.05) is 31.8 Å².